The van der Waals surface area contributed by atoms with Gasteiger partial charge in [-0.15, -0.1) is 0 Å². The van der Waals surface area contributed by atoms with E-state index in [-0.39, 0.29) is 38.2 Å². The van der Waals surface area contributed by atoms with Gasteiger partial charge in [-0.1, -0.05) is 95.5 Å². The Kier molecular flexibility index (Phi) is 17.3. The highest BCUT2D eigenvalue weighted by molar-refractivity contribution is 5.76. The Bertz CT molecular complexity index is 777. The van der Waals surface area contributed by atoms with Gasteiger partial charge >= 0.3 is 11.9 Å². The van der Waals surface area contributed by atoms with Crippen molar-refractivity contribution in [2.24, 2.45) is 10.8 Å². The van der Waals surface area contributed by atoms with Gasteiger partial charge in [-0.05, 0) is 46.1 Å². The number of aliphatic hydroxyl groups is 2. The molecule has 1 aromatic rings. The number of ether oxygens (including phenoxy) is 2. The van der Waals surface area contributed by atoms with Crippen LogP contribution in [0.3, 0.4) is 0 Å². The Morgan fingerprint density at radius 2 is 1.15 bits per heavy atom. The predicted octanol–water partition coefficient (Wildman–Crippen LogP) is 6.29. The van der Waals surface area contributed by atoms with Crippen LogP contribution in [0, 0.1) is 10.8 Å². The highest BCUT2D eigenvalue weighted by Gasteiger charge is 2.31. The summed E-state index contributed by atoms with van der Waals surface area (Å²) in [5, 5.41) is 21.5. The minimum atomic E-state index is -0.916. The van der Waals surface area contributed by atoms with Gasteiger partial charge in [0.15, 0.2) is 0 Å². The summed E-state index contributed by atoms with van der Waals surface area (Å²) in [4.78, 5) is 27.3. The number of hydrogen-bond acceptors (Lipinski definition) is 7. The average Bonchev–Trinajstić information content (AvgIpc) is 2.91. The van der Waals surface area contributed by atoms with E-state index in [1.54, 1.807) is 0 Å². The fourth-order valence-corrected chi connectivity index (χ4v) is 4.67. The summed E-state index contributed by atoms with van der Waals surface area (Å²) >= 11 is 0. The smallest absolute Gasteiger partial charge is 0.311 e. The van der Waals surface area contributed by atoms with Crippen molar-refractivity contribution >= 4 is 11.9 Å². The van der Waals surface area contributed by atoms with Crippen LogP contribution in [0.25, 0.3) is 0 Å². The lowest BCUT2D eigenvalue weighted by Gasteiger charge is -2.29. The molecule has 7 heteroatoms. The molecular formula is C33H57NO6. The molecule has 0 radical (unpaired) electrons. The summed E-state index contributed by atoms with van der Waals surface area (Å²) in [6.45, 7) is 12.5. The molecule has 0 heterocycles. The number of unbranched alkanes of at least 4 members (excludes halogenated alkanes) is 6. The third kappa shape index (κ3) is 15.2. The molecule has 40 heavy (non-hydrogen) atoms. The fraction of sp³-hybridized carbons (Fsp3) is 0.758. The van der Waals surface area contributed by atoms with Crippen molar-refractivity contribution < 1.29 is 29.3 Å². The molecule has 0 fully saturated rings. The number of hydrogen-bond donors (Lipinski definition) is 2. The van der Waals surface area contributed by atoms with Gasteiger partial charge in [0.2, 0.25) is 0 Å². The SMILES string of the molecule is CCCCCCC(C)(C)C(=O)OCC(O)CN(Cc1ccccc1)CC(O)COC(=O)C(C)(C)CCCCCC. The third-order valence-electron chi connectivity index (χ3n) is 7.42. The summed E-state index contributed by atoms with van der Waals surface area (Å²) < 4.78 is 11.0. The van der Waals surface area contributed by atoms with Crippen LogP contribution in [0.2, 0.25) is 0 Å². The van der Waals surface area contributed by atoms with Crippen molar-refractivity contribution in [2.45, 2.75) is 125 Å². The quantitative estimate of drug-likeness (QED) is 0.126. The standard InChI is InChI=1S/C33H57NO6/c1-7-9-11-16-20-32(3,4)30(37)39-25-28(35)23-34(22-27-18-14-13-15-19-27)24-29(36)26-40-31(38)33(5,6)21-17-12-10-8-2/h13-15,18-19,28-29,35-36H,7-12,16-17,20-26H2,1-6H3. The Balaban J connectivity index is 2.65. The van der Waals surface area contributed by atoms with E-state index in [0.29, 0.717) is 6.54 Å². The molecule has 1 aromatic carbocycles. The maximum Gasteiger partial charge on any atom is 0.311 e. The molecular weight excluding hydrogens is 506 g/mol. The first-order valence-corrected chi connectivity index (χ1v) is 15.4. The van der Waals surface area contributed by atoms with Gasteiger partial charge < -0.3 is 19.7 Å². The maximum atomic E-state index is 12.7. The maximum absolute atomic E-state index is 12.7. The fourth-order valence-electron chi connectivity index (χ4n) is 4.67. The number of nitrogens with zero attached hydrogens (tertiary/aromatic N) is 1. The van der Waals surface area contributed by atoms with Gasteiger partial charge in [-0.25, -0.2) is 0 Å². The van der Waals surface area contributed by atoms with Gasteiger partial charge in [-0.3, -0.25) is 14.5 Å². The summed E-state index contributed by atoms with van der Waals surface area (Å²) in [5.41, 5.74) is -0.167. The highest BCUT2D eigenvalue weighted by atomic mass is 16.5. The van der Waals surface area contributed by atoms with Crippen molar-refractivity contribution in [2.75, 3.05) is 26.3 Å². The van der Waals surface area contributed by atoms with E-state index in [2.05, 4.69) is 13.8 Å². The van der Waals surface area contributed by atoms with Crippen LogP contribution in [0.1, 0.15) is 111 Å². The van der Waals surface area contributed by atoms with E-state index >= 15 is 0 Å². The molecule has 0 aliphatic rings. The summed E-state index contributed by atoms with van der Waals surface area (Å²) in [7, 11) is 0. The molecule has 0 bridgehead atoms. The number of esters is 2. The van der Waals surface area contributed by atoms with Crippen molar-refractivity contribution in [1.82, 2.24) is 4.90 Å². The molecule has 0 aliphatic carbocycles. The Hall–Kier alpha value is -1.96. The second-order valence-electron chi connectivity index (χ2n) is 12.6. The van der Waals surface area contributed by atoms with Crippen LogP contribution in [0.15, 0.2) is 30.3 Å². The zero-order valence-corrected chi connectivity index (χ0v) is 26.1. The molecule has 2 unspecified atom stereocenters. The number of rotatable bonds is 22. The van der Waals surface area contributed by atoms with E-state index in [1.807, 2.05) is 62.9 Å². The van der Waals surface area contributed by atoms with Crippen molar-refractivity contribution in [1.29, 1.82) is 0 Å². The minimum absolute atomic E-state index is 0.111. The first-order chi connectivity index (χ1) is 18.9. The van der Waals surface area contributed by atoms with Crippen molar-refractivity contribution in [3.8, 4) is 0 Å². The van der Waals surface area contributed by atoms with Gasteiger partial charge in [0.25, 0.3) is 0 Å². The molecule has 0 amide bonds. The van der Waals surface area contributed by atoms with E-state index in [9.17, 15) is 19.8 Å². The lowest BCUT2D eigenvalue weighted by atomic mass is 9.87. The Morgan fingerprint density at radius 3 is 1.55 bits per heavy atom. The molecule has 1 rings (SSSR count). The largest absolute Gasteiger partial charge is 0.462 e. The lowest BCUT2D eigenvalue weighted by Crippen LogP contribution is -2.42. The van der Waals surface area contributed by atoms with Crippen molar-refractivity contribution in [3.63, 3.8) is 0 Å². The molecule has 230 valence electrons. The van der Waals surface area contributed by atoms with Crippen LogP contribution in [0.5, 0.6) is 0 Å². The van der Waals surface area contributed by atoms with Crippen LogP contribution in [-0.2, 0) is 25.6 Å². The molecule has 2 atom stereocenters. The van der Waals surface area contributed by atoms with Crippen LogP contribution in [0.4, 0.5) is 0 Å². The Morgan fingerprint density at radius 1 is 0.725 bits per heavy atom. The molecule has 2 N–H and O–H groups in total. The Labute approximate surface area is 243 Å². The number of benzene rings is 1. The molecule has 0 saturated heterocycles. The summed E-state index contributed by atoms with van der Waals surface area (Å²) in [6.07, 6.45) is 8.41. The molecule has 0 aromatic heterocycles. The van der Waals surface area contributed by atoms with E-state index in [4.69, 9.17) is 9.47 Å². The topological polar surface area (TPSA) is 96.3 Å². The monoisotopic (exact) mass is 563 g/mol. The highest BCUT2D eigenvalue weighted by Crippen LogP contribution is 2.27. The number of carbonyl (C=O) groups is 2. The first kappa shape index (κ1) is 36.1. The lowest BCUT2D eigenvalue weighted by molar-refractivity contribution is -0.158. The zero-order chi connectivity index (χ0) is 30.0. The van der Waals surface area contributed by atoms with Gasteiger partial charge in [0, 0.05) is 19.6 Å². The normalized spacial score (nSPS) is 13.7. The number of carbonyl (C=O) groups excluding carboxylic acids is 2. The molecule has 7 nitrogen and oxygen atoms in total. The molecule has 0 aliphatic heterocycles. The average molecular weight is 564 g/mol. The molecule has 0 spiro atoms. The van der Waals surface area contributed by atoms with E-state index in [0.717, 1.165) is 69.8 Å². The summed E-state index contributed by atoms with van der Waals surface area (Å²) in [6, 6.07) is 9.77. The second-order valence-corrected chi connectivity index (χ2v) is 12.6. The number of aliphatic hydroxyl groups excluding tert-OH is 2. The van der Waals surface area contributed by atoms with Crippen LogP contribution >= 0.6 is 0 Å². The van der Waals surface area contributed by atoms with E-state index in [1.165, 1.54) is 0 Å². The molecule has 0 saturated carbocycles. The minimum Gasteiger partial charge on any atom is -0.462 e. The predicted molar refractivity (Wildman–Crippen MR) is 161 cm³/mol. The first-order valence-electron chi connectivity index (χ1n) is 15.4. The summed E-state index contributed by atoms with van der Waals surface area (Å²) in [5.74, 6) is -0.608. The second kappa shape index (κ2) is 19.2. The van der Waals surface area contributed by atoms with Crippen LogP contribution < -0.4 is 0 Å². The van der Waals surface area contributed by atoms with Crippen molar-refractivity contribution in [3.05, 3.63) is 35.9 Å². The van der Waals surface area contributed by atoms with E-state index < -0.39 is 23.0 Å². The van der Waals surface area contributed by atoms with Gasteiger partial charge in [0.05, 0.1) is 10.8 Å². The van der Waals surface area contributed by atoms with Gasteiger partial charge in [0.1, 0.15) is 25.4 Å². The van der Waals surface area contributed by atoms with Crippen LogP contribution in [-0.4, -0.2) is 65.6 Å². The zero-order valence-electron chi connectivity index (χ0n) is 26.1. The van der Waals surface area contributed by atoms with Gasteiger partial charge in [-0.2, -0.15) is 0 Å². The third-order valence-corrected chi connectivity index (χ3v) is 7.42.